The van der Waals surface area contributed by atoms with Crippen LogP contribution in [0, 0.1) is 5.41 Å². The summed E-state index contributed by atoms with van der Waals surface area (Å²) in [4.78, 5) is 25.9. The van der Waals surface area contributed by atoms with Gasteiger partial charge in [-0.1, -0.05) is 23.7 Å². The lowest BCUT2D eigenvalue weighted by molar-refractivity contribution is -0.143. The molecule has 2 fully saturated rings. The Morgan fingerprint density at radius 1 is 1.33 bits per heavy atom. The summed E-state index contributed by atoms with van der Waals surface area (Å²) in [6.07, 6.45) is 0.147. The molecule has 0 aromatic heterocycles. The Morgan fingerprint density at radius 2 is 2.08 bits per heavy atom. The van der Waals surface area contributed by atoms with Crippen molar-refractivity contribution in [3.63, 3.8) is 0 Å². The Hall–Kier alpha value is -1.08. The van der Waals surface area contributed by atoms with Crippen LogP contribution in [0.15, 0.2) is 24.3 Å². The van der Waals surface area contributed by atoms with Gasteiger partial charge in [0, 0.05) is 17.2 Å². The first-order chi connectivity index (χ1) is 11.5. The van der Waals surface area contributed by atoms with E-state index in [0.29, 0.717) is 17.4 Å². The molecular weight excluding hydrogens is 350 g/mol. The van der Waals surface area contributed by atoms with Crippen LogP contribution in [0.4, 0.5) is 0 Å². The average Bonchev–Trinajstić information content (AvgIpc) is 3.11. The third kappa shape index (κ3) is 3.77. The SMILES string of the molecule is O=C1CC2(CCSC2)C(=O)N1CC(O)COCc1ccc(Cl)cc1. The molecule has 2 saturated heterocycles. The first kappa shape index (κ1) is 17.7. The number of halogens is 1. The predicted octanol–water partition coefficient (Wildman–Crippen LogP) is 2.10. The zero-order valence-electron chi connectivity index (χ0n) is 13.2. The lowest BCUT2D eigenvalue weighted by atomic mass is 9.86. The molecule has 2 atom stereocenters. The number of thioether (sulfide) groups is 1. The van der Waals surface area contributed by atoms with Crippen molar-refractivity contribution in [2.24, 2.45) is 5.41 Å². The third-order valence-electron chi connectivity index (χ3n) is 4.48. The molecule has 2 aliphatic heterocycles. The van der Waals surface area contributed by atoms with E-state index >= 15 is 0 Å². The number of amides is 2. The minimum absolute atomic E-state index is 0.00466. The van der Waals surface area contributed by atoms with Gasteiger partial charge in [-0.05, 0) is 29.9 Å². The normalized spacial score (nSPS) is 25.0. The number of ether oxygens (including phenoxy) is 1. The van der Waals surface area contributed by atoms with Crippen molar-refractivity contribution in [3.05, 3.63) is 34.9 Å². The number of nitrogens with zero attached hydrogens (tertiary/aromatic N) is 1. The highest BCUT2D eigenvalue weighted by Gasteiger charge is 2.53. The van der Waals surface area contributed by atoms with Crippen LogP contribution in [-0.4, -0.2) is 52.6 Å². The van der Waals surface area contributed by atoms with Crippen molar-refractivity contribution in [1.29, 1.82) is 0 Å². The zero-order valence-corrected chi connectivity index (χ0v) is 14.8. The second kappa shape index (κ2) is 7.44. The first-order valence-corrected chi connectivity index (χ1v) is 9.46. The van der Waals surface area contributed by atoms with Crippen molar-refractivity contribution in [1.82, 2.24) is 4.90 Å². The van der Waals surface area contributed by atoms with Crippen molar-refractivity contribution in [2.45, 2.75) is 25.6 Å². The number of β-amino-alcohol motifs (C(OH)–C–C–N with tert-alkyl or cyclic N) is 1. The van der Waals surface area contributed by atoms with Crippen LogP contribution >= 0.6 is 23.4 Å². The minimum atomic E-state index is -0.880. The lowest BCUT2D eigenvalue weighted by Crippen LogP contribution is -2.41. The Bertz CT molecular complexity index is 616. The van der Waals surface area contributed by atoms with Crippen LogP contribution < -0.4 is 0 Å². The number of aliphatic hydroxyl groups excluding tert-OH is 1. The molecule has 7 heteroatoms. The Morgan fingerprint density at radius 3 is 2.75 bits per heavy atom. The third-order valence-corrected chi connectivity index (χ3v) is 5.98. The van der Waals surface area contributed by atoms with E-state index < -0.39 is 11.5 Å². The summed E-state index contributed by atoms with van der Waals surface area (Å²) in [5.41, 5.74) is 0.424. The van der Waals surface area contributed by atoms with E-state index in [-0.39, 0.29) is 31.4 Å². The molecule has 2 aliphatic rings. The van der Waals surface area contributed by atoms with Crippen LogP contribution in [0.1, 0.15) is 18.4 Å². The molecule has 130 valence electrons. The largest absolute Gasteiger partial charge is 0.389 e. The van der Waals surface area contributed by atoms with Crippen LogP contribution in [0.2, 0.25) is 5.02 Å². The van der Waals surface area contributed by atoms with E-state index in [0.717, 1.165) is 17.7 Å². The fourth-order valence-electron chi connectivity index (χ4n) is 3.12. The quantitative estimate of drug-likeness (QED) is 0.778. The highest BCUT2D eigenvalue weighted by atomic mass is 35.5. The maximum atomic E-state index is 12.5. The summed E-state index contributed by atoms with van der Waals surface area (Å²) >= 11 is 7.53. The molecule has 1 aromatic carbocycles. The van der Waals surface area contributed by atoms with Gasteiger partial charge < -0.3 is 9.84 Å². The molecule has 24 heavy (non-hydrogen) atoms. The van der Waals surface area contributed by atoms with Gasteiger partial charge in [0.15, 0.2) is 0 Å². The molecule has 5 nitrogen and oxygen atoms in total. The summed E-state index contributed by atoms with van der Waals surface area (Å²) in [6.45, 7) is 0.419. The molecule has 0 saturated carbocycles. The summed E-state index contributed by atoms with van der Waals surface area (Å²) < 4.78 is 5.47. The number of rotatable bonds is 6. The molecule has 1 N–H and O–H groups in total. The van der Waals surface area contributed by atoms with Gasteiger partial charge in [-0.15, -0.1) is 0 Å². The van der Waals surface area contributed by atoms with Gasteiger partial charge in [-0.25, -0.2) is 0 Å². The van der Waals surface area contributed by atoms with Crippen LogP contribution in [0.25, 0.3) is 0 Å². The summed E-state index contributed by atoms with van der Waals surface area (Å²) in [5, 5.41) is 10.8. The summed E-state index contributed by atoms with van der Waals surface area (Å²) in [7, 11) is 0. The van der Waals surface area contributed by atoms with E-state index in [1.807, 2.05) is 12.1 Å². The lowest BCUT2D eigenvalue weighted by Gasteiger charge is -2.22. The van der Waals surface area contributed by atoms with Gasteiger partial charge in [0.05, 0.1) is 31.3 Å². The molecule has 2 unspecified atom stereocenters. The predicted molar refractivity (Wildman–Crippen MR) is 92.8 cm³/mol. The molecule has 0 radical (unpaired) electrons. The van der Waals surface area contributed by atoms with Crippen LogP contribution in [0.3, 0.4) is 0 Å². The average molecular weight is 370 g/mol. The number of aliphatic hydroxyl groups is 1. The molecule has 1 spiro atoms. The van der Waals surface area contributed by atoms with Gasteiger partial charge in [0.25, 0.3) is 0 Å². The second-order valence-electron chi connectivity index (χ2n) is 6.36. The topological polar surface area (TPSA) is 66.8 Å². The monoisotopic (exact) mass is 369 g/mol. The molecule has 2 amide bonds. The molecular formula is C17H20ClNO4S. The van der Waals surface area contributed by atoms with Gasteiger partial charge in [0.2, 0.25) is 11.8 Å². The van der Waals surface area contributed by atoms with Crippen LogP contribution in [0.5, 0.6) is 0 Å². The fraction of sp³-hybridized carbons (Fsp3) is 0.529. The second-order valence-corrected chi connectivity index (χ2v) is 7.91. The van der Waals surface area contributed by atoms with Crippen molar-refractivity contribution in [2.75, 3.05) is 24.7 Å². The molecule has 0 bridgehead atoms. The number of carbonyl (C=O) groups is 2. The molecule has 1 aromatic rings. The van der Waals surface area contributed by atoms with Gasteiger partial charge >= 0.3 is 0 Å². The molecule has 2 heterocycles. The number of imide groups is 1. The highest BCUT2D eigenvalue weighted by Crippen LogP contribution is 2.44. The maximum Gasteiger partial charge on any atom is 0.236 e. The Balaban J connectivity index is 1.48. The van der Waals surface area contributed by atoms with Gasteiger partial charge in [-0.3, -0.25) is 14.5 Å². The maximum absolute atomic E-state index is 12.5. The number of hydrogen-bond acceptors (Lipinski definition) is 5. The smallest absolute Gasteiger partial charge is 0.236 e. The Kier molecular flexibility index (Phi) is 5.49. The van der Waals surface area contributed by atoms with E-state index in [1.165, 1.54) is 4.90 Å². The summed E-state index contributed by atoms with van der Waals surface area (Å²) in [6, 6.07) is 7.25. The first-order valence-electron chi connectivity index (χ1n) is 7.93. The number of benzene rings is 1. The van der Waals surface area contributed by atoms with E-state index in [9.17, 15) is 14.7 Å². The molecule has 3 rings (SSSR count). The highest BCUT2D eigenvalue weighted by molar-refractivity contribution is 7.99. The van der Waals surface area contributed by atoms with Gasteiger partial charge in [-0.2, -0.15) is 11.8 Å². The Labute approximate surface area is 150 Å². The zero-order chi connectivity index (χ0) is 17.2. The molecule has 0 aliphatic carbocycles. The summed E-state index contributed by atoms with van der Waals surface area (Å²) in [5.74, 6) is 1.31. The van der Waals surface area contributed by atoms with Gasteiger partial charge in [0.1, 0.15) is 0 Å². The van der Waals surface area contributed by atoms with E-state index in [1.54, 1.807) is 23.9 Å². The number of carbonyl (C=O) groups excluding carboxylic acids is 2. The standard InChI is InChI=1S/C17H20ClNO4S/c18-13-3-1-12(2-4-13)9-23-10-14(20)8-19-15(21)7-17(16(19)22)5-6-24-11-17/h1-4,14,20H,5-11H2. The van der Waals surface area contributed by atoms with Crippen molar-refractivity contribution in [3.8, 4) is 0 Å². The fourth-order valence-corrected chi connectivity index (χ4v) is 4.68. The van der Waals surface area contributed by atoms with Crippen molar-refractivity contribution < 1.29 is 19.4 Å². The number of likely N-dealkylation sites (tertiary alicyclic amines) is 1. The minimum Gasteiger partial charge on any atom is -0.389 e. The van der Waals surface area contributed by atoms with E-state index in [2.05, 4.69) is 0 Å². The van der Waals surface area contributed by atoms with E-state index in [4.69, 9.17) is 16.3 Å². The number of hydrogen-bond donors (Lipinski definition) is 1. The van der Waals surface area contributed by atoms with Crippen LogP contribution in [-0.2, 0) is 20.9 Å². The van der Waals surface area contributed by atoms with Crippen molar-refractivity contribution >= 4 is 35.2 Å².